The van der Waals surface area contributed by atoms with Crippen molar-refractivity contribution in [1.29, 1.82) is 0 Å². The van der Waals surface area contributed by atoms with Crippen molar-refractivity contribution < 1.29 is 14.3 Å². The summed E-state index contributed by atoms with van der Waals surface area (Å²) >= 11 is 0. The number of rotatable bonds is 4. The fourth-order valence-electron chi connectivity index (χ4n) is 2.24. The fraction of sp³-hybridized carbons (Fsp3) is 0.176. The number of nitrogens with one attached hydrogen (secondary N) is 1. The number of para-hydroxylation sites is 1. The Morgan fingerprint density at radius 3 is 2.36 bits per heavy atom. The molecule has 1 aliphatic heterocycles. The van der Waals surface area contributed by atoms with Gasteiger partial charge in [0.15, 0.2) is 6.23 Å². The molecule has 3 amide bonds. The lowest BCUT2D eigenvalue weighted by molar-refractivity contribution is -0.152. The molecule has 1 unspecified atom stereocenters. The number of hydrogen-bond donors (Lipinski definition) is 1. The van der Waals surface area contributed by atoms with Crippen molar-refractivity contribution in [3.63, 3.8) is 0 Å². The third-order valence-corrected chi connectivity index (χ3v) is 3.43. The number of benzene rings is 2. The molecule has 1 saturated heterocycles. The van der Waals surface area contributed by atoms with Crippen molar-refractivity contribution in [2.45, 2.75) is 19.2 Å². The first kappa shape index (κ1) is 14.1. The van der Waals surface area contributed by atoms with Crippen molar-refractivity contribution in [3.8, 4) is 5.75 Å². The van der Waals surface area contributed by atoms with Crippen LogP contribution in [-0.4, -0.2) is 23.1 Å². The summed E-state index contributed by atoms with van der Waals surface area (Å²) in [6.07, 6.45) is -0.320. The Morgan fingerprint density at radius 2 is 1.73 bits per heavy atom. The molecule has 1 atom stereocenters. The van der Waals surface area contributed by atoms with Gasteiger partial charge >= 0.3 is 6.03 Å². The average molecular weight is 296 g/mol. The number of imide groups is 1. The number of amides is 3. The van der Waals surface area contributed by atoms with E-state index in [1.807, 2.05) is 48.5 Å². The molecule has 0 spiro atoms. The van der Waals surface area contributed by atoms with Crippen LogP contribution in [0.15, 0.2) is 60.7 Å². The Kier molecular flexibility index (Phi) is 4.05. The van der Waals surface area contributed by atoms with E-state index in [4.69, 9.17) is 4.74 Å². The van der Waals surface area contributed by atoms with Gasteiger partial charge in [-0.25, -0.2) is 9.69 Å². The largest absolute Gasteiger partial charge is 0.469 e. The van der Waals surface area contributed by atoms with Crippen LogP contribution in [0.3, 0.4) is 0 Å². The second kappa shape index (κ2) is 6.30. The van der Waals surface area contributed by atoms with E-state index in [1.54, 1.807) is 12.1 Å². The highest BCUT2D eigenvalue weighted by atomic mass is 16.5. The van der Waals surface area contributed by atoms with E-state index in [0.29, 0.717) is 12.3 Å². The molecule has 112 valence electrons. The first-order valence-electron chi connectivity index (χ1n) is 7.09. The molecule has 3 rings (SSSR count). The molecule has 0 radical (unpaired) electrons. The molecular weight excluding hydrogens is 280 g/mol. The van der Waals surface area contributed by atoms with Crippen LogP contribution in [0.2, 0.25) is 0 Å². The molecular formula is C17H16N2O3. The van der Waals surface area contributed by atoms with Gasteiger partial charge in [0.2, 0.25) is 5.91 Å². The van der Waals surface area contributed by atoms with Crippen molar-refractivity contribution in [1.82, 2.24) is 10.2 Å². The maximum Gasteiger partial charge on any atom is 0.327 e. The van der Waals surface area contributed by atoms with E-state index in [1.165, 1.54) is 0 Å². The first-order valence-corrected chi connectivity index (χ1v) is 7.09. The molecule has 22 heavy (non-hydrogen) atoms. The molecule has 2 aromatic carbocycles. The Balaban J connectivity index is 1.57. The zero-order valence-corrected chi connectivity index (χ0v) is 11.9. The predicted molar refractivity (Wildman–Crippen MR) is 81.0 cm³/mol. The van der Waals surface area contributed by atoms with Crippen molar-refractivity contribution in [2.75, 3.05) is 0 Å². The highest BCUT2D eigenvalue weighted by Gasteiger charge is 2.42. The van der Waals surface area contributed by atoms with Gasteiger partial charge in [-0.15, -0.1) is 0 Å². The molecule has 0 aromatic heterocycles. The molecule has 1 N–H and O–H groups in total. The highest BCUT2D eigenvalue weighted by molar-refractivity contribution is 5.99. The summed E-state index contributed by atoms with van der Waals surface area (Å²) in [5.74, 6) is 0.410. The fourth-order valence-corrected chi connectivity index (χ4v) is 2.24. The average Bonchev–Trinajstić information content (AvgIpc) is 2.54. The molecule has 5 heteroatoms. The smallest absolute Gasteiger partial charge is 0.327 e. The summed E-state index contributed by atoms with van der Waals surface area (Å²) in [5, 5.41) is 2.73. The monoisotopic (exact) mass is 296 g/mol. The normalized spacial score (nSPS) is 16.8. The maximum absolute atomic E-state index is 12.1. The van der Waals surface area contributed by atoms with E-state index in [9.17, 15) is 9.59 Å². The van der Waals surface area contributed by atoms with Crippen LogP contribution < -0.4 is 10.1 Å². The quantitative estimate of drug-likeness (QED) is 0.882. The van der Waals surface area contributed by atoms with E-state index < -0.39 is 12.3 Å². The SMILES string of the molecule is O=C1CC(Oc2ccccc2)N1C(=O)NCc1ccccc1. The number of carbonyl (C=O) groups is 2. The standard InChI is InChI=1S/C17H16N2O3/c20-15-11-16(22-14-9-5-2-6-10-14)19(15)17(21)18-12-13-7-3-1-4-8-13/h1-10,16H,11-12H2,(H,18,21). The van der Waals surface area contributed by atoms with Crippen molar-refractivity contribution in [3.05, 3.63) is 66.2 Å². The molecule has 5 nitrogen and oxygen atoms in total. The number of β-lactam (4-membered cyclic amide) rings is 1. The van der Waals surface area contributed by atoms with Gasteiger partial charge in [0.05, 0.1) is 6.42 Å². The topological polar surface area (TPSA) is 58.6 Å². The van der Waals surface area contributed by atoms with Crippen LogP contribution in [0, 0.1) is 0 Å². The van der Waals surface area contributed by atoms with Gasteiger partial charge in [-0.1, -0.05) is 48.5 Å². The molecule has 1 heterocycles. The van der Waals surface area contributed by atoms with Crippen LogP contribution in [0.5, 0.6) is 5.75 Å². The van der Waals surface area contributed by atoms with Crippen molar-refractivity contribution in [2.24, 2.45) is 0 Å². The van der Waals surface area contributed by atoms with E-state index >= 15 is 0 Å². The number of ether oxygens (including phenoxy) is 1. The van der Waals surface area contributed by atoms with Gasteiger partial charge in [-0.3, -0.25) is 4.79 Å². The highest BCUT2D eigenvalue weighted by Crippen LogP contribution is 2.23. The van der Waals surface area contributed by atoms with Crippen LogP contribution in [-0.2, 0) is 11.3 Å². The van der Waals surface area contributed by atoms with E-state index in [-0.39, 0.29) is 12.3 Å². The summed E-state index contributed by atoms with van der Waals surface area (Å²) in [4.78, 5) is 24.9. The summed E-state index contributed by atoms with van der Waals surface area (Å²) < 4.78 is 5.65. The van der Waals surface area contributed by atoms with E-state index in [2.05, 4.69) is 5.32 Å². The Morgan fingerprint density at radius 1 is 1.09 bits per heavy atom. The number of hydrogen-bond acceptors (Lipinski definition) is 3. The Hall–Kier alpha value is -2.82. The first-order chi connectivity index (χ1) is 10.7. The van der Waals surface area contributed by atoms with Gasteiger partial charge in [0.25, 0.3) is 0 Å². The minimum Gasteiger partial charge on any atom is -0.469 e. The molecule has 0 saturated carbocycles. The Labute approximate surface area is 128 Å². The second-order valence-corrected chi connectivity index (χ2v) is 5.00. The Bertz CT molecular complexity index is 658. The zero-order chi connectivity index (χ0) is 15.4. The predicted octanol–water partition coefficient (Wildman–Crippen LogP) is 2.53. The van der Waals surface area contributed by atoms with Gasteiger partial charge in [0, 0.05) is 6.54 Å². The number of urea groups is 1. The lowest BCUT2D eigenvalue weighted by Crippen LogP contribution is -2.60. The summed E-state index contributed by atoms with van der Waals surface area (Å²) in [6.45, 7) is 0.376. The number of carbonyl (C=O) groups excluding carboxylic acids is 2. The molecule has 1 aliphatic rings. The minimum atomic E-state index is -0.536. The lowest BCUT2D eigenvalue weighted by Gasteiger charge is -2.37. The summed E-state index contributed by atoms with van der Waals surface area (Å²) in [6, 6.07) is 18.3. The van der Waals surface area contributed by atoms with Gasteiger partial charge < -0.3 is 10.1 Å². The van der Waals surface area contributed by atoms with Crippen LogP contribution in [0.4, 0.5) is 4.79 Å². The zero-order valence-electron chi connectivity index (χ0n) is 11.9. The van der Waals surface area contributed by atoms with Crippen LogP contribution >= 0.6 is 0 Å². The molecule has 1 fully saturated rings. The third-order valence-electron chi connectivity index (χ3n) is 3.43. The summed E-state index contributed by atoms with van der Waals surface area (Å²) in [7, 11) is 0. The molecule has 0 aliphatic carbocycles. The molecule has 0 bridgehead atoms. The maximum atomic E-state index is 12.1. The lowest BCUT2D eigenvalue weighted by atomic mass is 10.1. The number of likely N-dealkylation sites (tertiary alicyclic amines) is 1. The minimum absolute atomic E-state index is 0.216. The third kappa shape index (κ3) is 3.09. The van der Waals surface area contributed by atoms with Gasteiger partial charge in [0.1, 0.15) is 5.75 Å². The molecule has 2 aromatic rings. The van der Waals surface area contributed by atoms with E-state index in [0.717, 1.165) is 10.5 Å². The van der Waals surface area contributed by atoms with Crippen LogP contribution in [0.1, 0.15) is 12.0 Å². The number of nitrogens with zero attached hydrogens (tertiary/aromatic N) is 1. The van der Waals surface area contributed by atoms with Gasteiger partial charge in [-0.2, -0.15) is 0 Å². The van der Waals surface area contributed by atoms with Crippen LogP contribution in [0.25, 0.3) is 0 Å². The van der Waals surface area contributed by atoms with Gasteiger partial charge in [-0.05, 0) is 17.7 Å². The van der Waals surface area contributed by atoms with Crippen molar-refractivity contribution >= 4 is 11.9 Å². The summed E-state index contributed by atoms with van der Waals surface area (Å²) in [5.41, 5.74) is 0.976. The second-order valence-electron chi connectivity index (χ2n) is 5.00.